The van der Waals surface area contributed by atoms with Crippen LogP contribution in [-0.4, -0.2) is 41.6 Å². The third-order valence-corrected chi connectivity index (χ3v) is 4.18. The van der Waals surface area contributed by atoms with Gasteiger partial charge in [-0.3, -0.25) is 19.7 Å². The minimum absolute atomic E-state index is 0.0837. The number of fused-ring (bicyclic) bond motifs is 1. The van der Waals surface area contributed by atoms with Crippen molar-refractivity contribution in [1.29, 1.82) is 0 Å². The Kier molecular flexibility index (Phi) is 4.07. The van der Waals surface area contributed by atoms with Crippen LogP contribution in [-0.2, 0) is 10.0 Å². The maximum Gasteiger partial charge on any atom is 0.314 e. The summed E-state index contributed by atoms with van der Waals surface area (Å²) < 4.78 is 26.0. The van der Waals surface area contributed by atoms with Crippen LogP contribution in [0.25, 0.3) is 11.0 Å². The molecule has 0 amide bonds. The van der Waals surface area contributed by atoms with Crippen molar-refractivity contribution in [3.8, 4) is 0 Å². The second-order valence-corrected chi connectivity index (χ2v) is 5.89. The zero-order valence-electron chi connectivity index (χ0n) is 10.8. The first kappa shape index (κ1) is 15.8. The number of rotatable bonds is 5. The minimum Gasteiger partial charge on any atom is -0.395 e. The number of benzene rings is 1. The predicted molar refractivity (Wildman–Crippen MR) is 74.1 cm³/mol. The normalized spacial score (nSPS) is 11.7. The van der Waals surface area contributed by atoms with Gasteiger partial charge in [0.2, 0.25) is 10.0 Å². The first-order valence-electron chi connectivity index (χ1n) is 5.81. The number of nitro benzene ring substituents is 1. The molecule has 0 aliphatic rings. The van der Waals surface area contributed by atoms with Crippen LogP contribution in [0.15, 0.2) is 26.6 Å². The number of nitro groups is 1. The van der Waals surface area contributed by atoms with E-state index in [1.165, 1.54) is 0 Å². The molecule has 0 radical (unpaired) electrons. The first-order chi connectivity index (χ1) is 10.3. The van der Waals surface area contributed by atoms with Gasteiger partial charge >= 0.3 is 11.1 Å². The van der Waals surface area contributed by atoms with E-state index in [4.69, 9.17) is 5.11 Å². The lowest BCUT2D eigenvalue weighted by molar-refractivity contribution is -0.387. The largest absolute Gasteiger partial charge is 0.395 e. The van der Waals surface area contributed by atoms with Gasteiger partial charge in [0.05, 0.1) is 22.6 Å². The summed E-state index contributed by atoms with van der Waals surface area (Å²) in [6.45, 7) is -0.829. The second kappa shape index (κ2) is 5.67. The Balaban J connectivity index is 2.79. The summed E-state index contributed by atoms with van der Waals surface area (Å²) in [6.07, 6.45) is 0. The number of aliphatic hydroxyl groups is 1. The molecule has 1 aromatic carbocycles. The number of hydrogen-bond acceptors (Lipinski definition) is 7. The topological polar surface area (TPSA) is 175 Å². The molecule has 0 unspecified atom stereocenters. The van der Waals surface area contributed by atoms with Crippen LogP contribution in [0.2, 0.25) is 0 Å². The van der Waals surface area contributed by atoms with Crippen LogP contribution in [0, 0.1) is 10.1 Å². The number of aliphatic hydroxyl groups excluding tert-OH is 1. The molecule has 4 N–H and O–H groups in total. The molecule has 0 aliphatic carbocycles. The Labute approximate surface area is 121 Å². The molecule has 0 fully saturated rings. The zero-order chi connectivity index (χ0) is 16.5. The molecule has 1 aromatic heterocycles. The fraction of sp³-hybridized carbons (Fsp3) is 0.200. The Morgan fingerprint density at radius 3 is 2.23 bits per heavy atom. The lowest BCUT2D eigenvalue weighted by Crippen LogP contribution is -2.30. The molecule has 118 valence electrons. The van der Waals surface area contributed by atoms with E-state index in [1.54, 1.807) is 0 Å². The van der Waals surface area contributed by atoms with Crippen LogP contribution in [0.1, 0.15) is 0 Å². The highest BCUT2D eigenvalue weighted by Crippen LogP contribution is 2.26. The van der Waals surface area contributed by atoms with E-state index in [9.17, 15) is 28.1 Å². The van der Waals surface area contributed by atoms with Gasteiger partial charge in [-0.05, 0) is 6.07 Å². The molecule has 2 rings (SSSR count). The monoisotopic (exact) mass is 330 g/mol. The number of nitrogens with zero attached hydrogens (tertiary/aromatic N) is 1. The Hall–Kier alpha value is -2.57. The summed E-state index contributed by atoms with van der Waals surface area (Å²) in [5.74, 6) is 0. The van der Waals surface area contributed by atoms with Crippen molar-refractivity contribution >= 4 is 26.7 Å². The molecule has 12 heteroatoms. The second-order valence-electron chi connectivity index (χ2n) is 4.15. The van der Waals surface area contributed by atoms with Gasteiger partial charge in [0.1, 0.15) is 0 Å². The summed E-state index contributed by atoms with van der Waals surface area (Å²) in [4.78, 5) is 36.1. The van der Waals surface area contributed by atoms with E-state index in [-0.39, 0.29) is 17.6 Å². The van der Waals surface area contributed by atoms with Gasteiger partial charge in [-0.1, -0.05) is 0 Å². The molecule has 0 saturated heterocycles. The fourth-order valence-electron chi connectivity index (χ4n) is 1.75. The molecule has 0 saturated carbocycles. The van der Waals surface area contributed by atoms with Gasteiger partial charge in [0.25, 0.3) is 5.69 Å². The molecule has 0 atom stereocenters. The quantitative estimate of drug-likeness (QED) is 0.290. The maximum absolute atomic E-state index is 12.0. The van der Waals surface area contributed by atoms with Crippen molar-refractivity contribution in [2.45, 2.75) is 4.90 Å². The lowest BCUT2D eigenvalue weighted by atomic mass is 10.2. The van der Waals surface area contributed by atoms with E-state index < -0.39 is 43.3 Å². The van der Waals surface area contributed by atoms with Crippen molar-refractivity contribution in [2.75, 3.05) is 13.2 Å². The Bertz CT molecular complexity index is 959. The van der Waals surface area contributed by atoms with E-state index in [0.717, 1.165) is 12.1 Å². The van der Waals surface area contributed by atoms with Crippen LogP contribution in [0.5, 0.6) is 0 Å². The Morgan fingerprint density at radius 2 is 1.73 bits per heavy atom. The van der Waals surface area contributed by atoms with E-state index in [0.29, 0.717) is 0 Å². The number of nitrogens with one attached hydrogen (secondary N) is 3. The standard InChI is InChI=1S/C10H10N4O7S/c15-2-1-11-22(20,21)8-4-6-5(3-7(8)14(18)19)12-9(16)10(17)13-6/h3-4,11,15H,1-2H2,(H,12,16)(H,13,17). The summed E-state index contributed by atoms with van der Waals surface area (Å²) in [6, 6.07) is 1.70. The van der Waals surface area contributed by atoms with Gasteiger partial charge in [0, 0.05) is 12.6 Å². The molecule has 2 aromatic rings. The van der Waals surface area contributed by atoms with Crippen molar-refractivity contribution in [1.82, 2.24) is 14.7 Å². The van der Waals surface area contributed by atoms with Gasteiger partial charge in [-0.2, -0.15) is 0 Å². The lowest BCUT2D eigenvalue weighted by Gasteiger charge is -2.07. The van der Waals surface area contributed by atoms with E-state index >= 15 is 0 Å². The number of H-pyrrole nitrogens is 2. The molecular weight excluding hydrogens is 320 g/mol. The highest BCUT2D eigenvalue weighted by Gasteiger charge is 2.26. The number of aromatic amines is 2. The number of hydrogen-bond donors (Lipinski definition) is 4. The third kappa shape index (κ3) is 2.88. The average molecular weight is 330 g/mol. The van der Waals surface area contributed by atoms with Crippen molar-refractivity contribution < 1.29 is 18.4 Å². The van der Waals surface area contributed by atoms with Gasteiger partial charge in [-0.15, -0.1) is 0 Å². The summed E-state index contributed by atoms with van der Waals surface area (Å²) >= 11 is 0. The molecule has 0 aliphatic heterocycles. The van der Waals surface area contributed by atoms with E-state index in [2.05, 4.69) is 9.97 Å². The zero-order valence-corrected chi connectivity index (χ0v) is 11.6. The van der Waals surface area contributed by atoms with Gasteiger partial charge < -0.3 is 15.1 Å². The Morgan fingerprint density at radius 1 is 1.18 bits per heavy atom. The minimum atomic E-state index is -4.28. The van der Waals surface area contributed by atoms with Crippen LogP contribution < -0.4 is 15.8 Å². The number of sulfonamides is 1. The highest BCUT2D eigenvalue weighted by molar-refractivity contribution is 7.89. The first-order valence-corrected chi connectivity index (χ1v) is 7.30. The van der Waals surface area contributed by atoms with Crippen LogP contribution >= 0.6 is 0 Å². The smallest absolute Gasteiger partial charge is 0.314 e. The SMILES string of the molecule is O=c1[nH]c2cc([N+](=O)[O-])c(S(=O)(=O)NCCO)cc2[nH]c1=O. The van der Waals surface area contributed by atoms with Crippen molar-refractivity contribution in [3.63, 3.8) is 0 Å². The molecule has 0 spiro atoms. The van der Waals surface area contributed by atoms with Crippen molar-refractivity contribution in [2.24, 2.45) is 0 Å². The molecular formula is C10H10N4O7S. The molecule has 1 heterocycles. The van der Waals surface area contributed by atoms with Gasteiger partial charge in [-0.25, -0.2) is 13.1 Å². The van der Waals surface area contributed by atoms with Crippen LogP contribution in [0.3, 0.4) is 0 Å². The average Bonchev–Trinajstić information content (AvgIpc) is 2.45. The molecule has 11 nitrogen and oxygen atoms in total. The van der Waals surface area contributed by atoms with E-state index in [1.807, 2.05) is 4.72 Å². The van der Waals surface area contributed by atoms with Crippen LogP contribution in [0.4, 0.5) is 5.69 Å². The van der Waals surface area contributed by atoms with Crippen molar-refractivity contribution in [3.05, 3.63) is 43.0 Å². The summed E-state index contributed by atoms with van der Waals surface area (Å²) in [5.41, 5.74) is -2.98. The maximum atomic E-state index is 12.0. The fourth-order valence-corrected chi connectivity index (χ4v) is 2.95. The third-order valence-electron chi connectivity index (χ3n) is 2.69. The predicted octanol–water partition coefficient (Wildman–Crippen LogP) is -1.60. The molecule has 0 bridgehead atoms. The highest BCUT2D eigenvalue weighted by atomic mass is 32.2. The number of aromatic nitrogens is 2. The summed E-state index contributed by atoms with van der Waals surface area (Å²) in [5, 5.41) is 19.7. The summed E-state index contributed by atoms with van der Waals surface area (Å²) in [7, 11) is -4.28. The van der Waals surface area contributed by atoms with Gasteiger partial charge in [0.15, 0.2) is 4.90 Å². The molecule has 22 heavy (non-hydrogen) atoms.